The van der Waals surface area contributed by atoms with Crippen LogP contribution in [0.2, 0.25) is 0 Å². The third kappa shape index (κ3) is 4.42. The highest BCUT2D eigenvalue weighted by Gasteiger charge is 2.34. The lowest BCUT2D eigenvalue weighted by molar-refractivity contribution is -0.384. The summed E-state index contributed by atoms with van der Waals surface area (Å²) in [6.45, 7) is 0. The van der Waals surface area contributed by atoms with Gasteiger partial charge in [-0.05, 0) is 48.0 Å². The molecule has 1 aliphatic heterocycles. The molecule has 0 spiro atoms. The van der Waals surface area contributed by atoms with Crippen molar-refractivity contribution in [2.24, 2.45) is 0 Å². The average Bonchev–Trinajstić information content (AvgIpc) is 3.21. The van der Waals surface area contributed by atoms with E-state index in [1.807, 2.05) is 36.4 Å². The standard InChI is InChI=1S/C23H19N3O5S/c1-31-20-11-9-18(10-12-20)25-21(27)14-32-23(25)15-5-7-17(8-6-15)24-22(28)16-3-2-4-19(13-16)26(29)30/h2-13,23H,14H2,1H3,(H,24,28). The van der Waals surface area contributed by atoms with Crippen molar-refractivity contribution in [2.45, 2.75) is 5.37 Å². The summed E-state index contributed by atoms with van der Waals surface area (Å²) in [5.74, 6) is 0.676. The number of amides is 2. The smallest absolute Gasteiger partial charge is 0.270 e. The van der Waals surface area contributed by atoms with Crippen LogP contribution in [0.3, 0.4) is 0 Å². The minimum absolute atomic E-state index is 0.0215. The van der Waals surface area contributed by atoms with Crippen LogP contribution in [-0.2, 0) is 4.79 Å². The molecule has 1 N–H and O–H groups in total. The van der Waals surface area contributed by atoms with Crippen molar-refractivity contribution in [3.63, 3.8) is 0 Å². The lowest BCUT2D eigenvalue weighted by Gasteiger charge is -2.24. The summed E-state index contributed by atoms with van der Waals surface area (Å²) in [4.78, 5) is 37.1. The van der Waals surface area contributed by atoms with E-state index < -0.39 is 10.8 Å². The van der Waals surface area contributed by atoms with Crippen LogP contribution in [0.4, 0.5) is 17.1 Å². The predicted octanol–water partition coefficient (Wildman–Crippen LogP) is 4.63. The zero-order valence-electron chi connectivity index (χ0n) is 17.1. The van der Waals surface area contributed by atoms with Crippen molar-refractivity contribution in [3.8, 4) is 5.75 Å². The first-order valence-corrected chi connectivity index (χ1v) is 10.7. The van der Waals surface area contributed by atoms with Gasteiger partial charge >= 0.3 is 0 Å². The molecule has 8 nitrogen and oxygen atoms in total. The fourth-order valence-electron chi connectivity index (χ4n) is 3.39. The Labute approximate surface area is 188 Å². The Morgan fingerprint density at radius 1 is 1.12 bits per heavy atom. The molecule has 3 aromatic rings. The van der Waals surface area contributed by atoms with Crippen LogP contribution in [0.25, 0.3) is 0 Å². The van der Waals surface area contributed by atoms with Crippen molar-refractivity contribution in [1.82, 2.24) is 0 Å². The number of anilines is 2. The normalized spacial score (nSPS) is 15.5. The molecule has 1 heterocycles. The second kappa shape index (κ2) is 9.11. The molecule has 0 aromatic heterocycles. The van der Waals surface area contributed by atoms with E-state index in [1.165, 1.54) is 36.0 Å². The van der Waals surface area contributed by atoms with Crippen LogP contribution in [0.1, 0.15) is 21.3 Å². The number of nitro benzene ring substituents is 1. The van der Waals surface area contributed by atoms with Gasteiger partial charge in [-0.3, -0.25) is 24.6 Å². The summed E-state index contributed by atoms with van der Waals surface area (Å²) in [6.07, 6.45) is 0. The third-order valence-electron chi connectivity index (χ3n) is 4.99. The second-order valence-corrected chi connectivity index (χ2v) is 8.08. The monoisotopic (exact) mass is 449 g/mol. The van der Waals surface area contributed by atoms with Crippen molar-refractivity contribution < 1.29 is 19.2 Å². The Hall–Kier alpha value is -3.85. The van der Waals surface area contributed by atoms with E-state index in [0.29, 0.717) is 17.2 Å². The van der Waals surface area contributed by atoms with Gasteiger partial charge in [0, 0.05) is 29.1 Å². The van der Waals surface area contributed by atoms with Crippen LogP contribution < -0.4 is 15.0 Å². The Bertz CT molecular complexity index is 1170. The highest BCUT2D eigenvalue weighted by molar-refractivity contribution is 8.00. The molecule has 4 rings (SSSR count). The second-order valence-electron chi connectivity index (χ2n) is 7.01. The highest BCUT2D eigenvalue weighted by Crippen LogP contribution is 2.42. The number of methoxy groups -OCH3 is 1. The number of benzene rings is 3. The van der Waals surface area contributed by atoms with E-state index in [1.54, 1.807) is 24.1 Å². The molecule has 1 unspecified atom stereocenters. The average molecular weight is 449 g/mol. The molecule has 0 bridgehead atoms. The number of carbonyl (C=O) groups excluding carboxylic acids is 2. The molecule has 1 atom stereocenters. The summed E-state index contributed by atoms with van der Waals surface area (Å²) >= 11 is 1.53. The summed E-state index contributed by atoms with van der Waals surface area (Å²) in [7, 11) is 1.59. The van der Waals surface area contributed by atoms with Crippen molar-refractivity contribution in [3.05, 3.63) is 94.0 Å². The van der Waals surface area contributed by atoms with Gasteiger partial charge < -0.3 is 10.1 Å². The summed E-state index contributed by atoms with van der Waals surface area (Å²) < 4.78 is 5.19. The Balaban J connectivity index is 1.50. The van der Waals surface area contributed by atoms with Crippen molar-refractivity contribution in [1.29, 1.82) is 0 Å². The molecule has 1 fully saturated rings. The molecule has 9 heteroatoms. The van der Waals surface area contributed by atoms with E-state index in [-0.39, 0.29) is 22.5 Å². The van der Waals surface area contributed by atoms with Gasteiger partial charge in [0.1, 0.15) is 11.1 Å². The number of nitrogens with zero attached hydrogens (tertiary/aromatic N) is 2. The molecular weight excluding hydrogens is 430 g/mol. The lowest BCUT2D eigenvalue weighted by atomic mass is 10.1. The van der Waals surface area contributed by atoms with Crippen LogP contribution in [-0.4, -0.2) is 29.6 Å². The van der Waals surface area contributed by atoms with E-state index in [2.05, 4.69) is 5.32 Å². The molecule has 32 heavy (non-hydrogen) atoms. The number of non-ortho nitro benzene ring substituents is 1. The summed E-state index contributed by atoms with van der Waals surface area (Å²) in [5, 5.41) is 13.5. The van der Waals surface area contributed by atoms with Gasteiger partial charge in [-0.25, -0.2) is 0 Å². The molecule has 162 valence electrons. The maximum atomic E-state index is 12.5. The summed E-state index contributed by atoms with van der Waals surface area (Å²) in [6, 6.07) is 20.1. The number of carbonyl (C=O) groups is 2. The van der Waals surface area contributed by atoms with Crippen LogP contribution >= 0.6 is 11.8 Å². The molecule has 0 saturated carbocycles. The first-order valence-electron chi connectivity index (χ1n) is 9.70. The van der Waals surface area contributed by atoms with Gasteiger partial charge in [-0.15, -0.1) is 11.8 Å². The Morgan fingerprint density at radius 3 is 2.50 bits per heavy atom. The van der Waals surface area contributed by atoms with E-state index >= 15 is 0 Å². The minimum atomic E-state index is -0.541. The molecule has 0 aliphatic carbocycles. The molecule has 3 aromatic carbocycles. The molecule has 0 radical (unpaired) electrons. The molecule has 2 amide bonds. The largest absolute Gasteiger partial charge is 0.497 e. The SMILES string of the molecule is COc1ccc(N2C(=O)CSC2c2ccc(NC(=O)c3cccc([N+](=O)[O-])c3)cc2)cc1. The Kier molecular flexibility index (Phi) is 6.09. The van der Waals surface area contributed by atoms with E-state index in [4.69, 9.17) is 4.74 Å². The number of rotatable bonds is 6. The number of hydrogen-bond donors (Lipinski definition) is 1. The zero-order valence-corrected chi connectivity index (χ0v) is 17.9. The van der Waals surface area contributed by atoms with Gasteiger partial charge in [0.15, 0.2) is 0 Å². The van der Waals surface area contributed by atoms with Crippen LogP contribution in [0.5, 0.6) is 5.75 Å². The topological polar surface area (TPSA) is 102 Å². The molecule has 1 saturated heterocycles. The number of hydrogen-bond acceptors (Lipinski definition) is 6. The maximum Gasteiger partial charge on any atom is 0.270 e. The van der Waals surface area contributed by atoms with Crippen molar-refractivity contribution >= 4 is 40.6 Å². The van der Waals surface area contributed by atoms with Gasteiger partial charge in [0.05, 0.1) is 17.8 Å². The predicted molar refractivity (Wildman–Crippen MR) is 123 cm³/mol. The number of nitrogens with one attached hydrogen (secondary N) is 1. The first-order chi connectivity index (χ1) is 15.5. The Morgan fingerprint density at radius 2 is 1.84 bits per heavy atom. The van der Waals surface area contributed by atoms with E-state index in [9.17, 15) is 19.7 Å². The van der Waals surface area contributed by atoms with Gasteiger partial charge in [-0.2, -0.15) is 0 Å². The molecule has 1 aliphatic rings. The van der Waals surface area contributed by atoms with Crippen LogP contribution in [0.15, 0.2) is 72.8 Å². The van der Waals surface area contributed by atoms with E-state index in [0.717, 1.165) is 11.3 Å². The van der Waals surface area contributed by atoms with Crippen LogP contribution in [0, 0.1) is 10.1 Å². The number of ether oxygens (including phenoxy) is 1. The third-order valence-corrected chi connectivity index (χ3v) is 6.20. The number of thioether (sulfide) groups is 1. The first kappa shape index (κ1) is 21.4. The van der Waals surface area contributed by atoms with Crippen molar-refractivity contribution in [2.75, 3.05) is 23.1 Å². The summed E-state index contributed by atoms with van der Waals surface area (Å²) in [5.41, 5.74) is 2.31. The fraction of sp³-hybridized carbons (Fsp3) is 0.130. The molecular formula is C23H19N3O5S. The van der Waals surface area contributed by atoms with Gasteiger partial charge in [-0.1, -0.05) is 18.2 Å². The zero-order chi connectivity index (χ0) is 22.7. The van der Waals surface area contributed by atoms with Gasteiger partial charge in [0.25, 0.3) is 11.6 Å². The van der Waals surface area contributed by atoms with Gasteiger partial charge in [0.2, 0.25) is 5.91 Å². The highest BCUT2D eigenvalue weighted by atomic mass is 32.2. The fourth-order valence-corrected chi connectivity index (χ4v) is 4.57. The lowest BCUT2D eigenvalue weighted by Crippen LogP contribution is -2.27. The number of nitro groups is 1. The maximum absolute atomic E-state index is 12.5. The quantitative estimate of drug-likeness (QED) is 0.435. The minimum Gasteiger partial charge on any atom is -0.497 e.